The van der Waals surface area contributed by atoms with Gasteiger partial charge in [-0.25, -0.2) is 4.68 Å². The van der Waals surface area contributed by atoms with E-state index < -0.39 is 0 Å². The maximum absolute atomic E-state index is 4.91. The minimum atomic E-state index is 0.934. The van der Waals surface area contributed by atoms with Crippen molar-refractivity contribution < 1.29 is 0 Å². The van der Waals surface area contributed by atoms with E-state index in [0.29, 0.717) is 0 Å². The SMILES string of the molecule is C(=C\c1csc2ccccc12)/c1cc(/C=C/c2csc3ccccc23)n(-c2ccccc2)n1. The fourth-order valence-electron chi connectivity index (χ4n) is 4.00. The first kappa shape index (κ1) is 19.9. The van der Waals surface area contributed by atoms with Gasteiger partial charge in [-0.2, -0.15) is 5.10 Å². The number of aromatic nitrogens is 2. The molecule has 3 aromatic heterocycles. The zero-order chi connectivity index (χ0) is 22.0. The summed E-state index contributed by atoms with van der Waals surface area (Å²) in [5, 5.41) is 11.9. The molecular weight excluding hydrogens is 440 g/mol. The fourth-order valence-corrected chi connectivity index (χ4v) is 5.85. The molecule has 4 heteroatoms. The van der Waals surface area contributed by atoms with Crippen LogP contribution in [0.2, 0.25) is 0 Å². The molecule has 158 valence electrons. The van der Waals surface area contributed by atoms with Crippen LogP contribution in [0, 0.1) is 0 Å². The second-order valence-electron chi connectivity index (χ2n) is 7.78. The van der Waals surface area contributed by atoms with E-state index in [1.165, 1.54) is 31.3 Å². The number of hydrogen-bond acceptors (Lipinski definition) is 3. The van der Waals surface area contributed by atoms with Gasteiger partial charge in [-0.05, 0) is 75.1 Å². The van der Waals surface area contributed by atoms with Crippen molar-refractivity contribution in [2.45, 2.75) is 0 Å². The predicted octanol–water partition coefficient (Wildman–Crippen LogP) is 8.64. The van der Waals surface area contributed by atoms with Gasteiger partial charge in [0.2, 0.25) is 0 Å². The highest BCUT2D eigenvalue weighted by atomic mass is 32.1. The molecule has 0 radical (unpaired) electrons. The average Bonchev–Trinajstić information content (AvgIpc) is 3.59. The number of nitrogens with zero attached hydrogens (tertiary/aromatic N) is 2. The zero-order valence-corrected chi connectivity index (χ0v) is 19.4. The Morgan fingerprint density at radius 3 is 1.85 bits per heavy atom. The Kier molecular flexibility index (Phi) is 5.23. The summed E-state index contributed by atoms with van der Waals surface area (Å²) >= 11 is 3.55. The standard InChI is InChI=1S/C29H20N2S2/c1-2-8-24(9-3-1)31-25(17-15-22-20-33-29-13-7-5-11-27(22)29)18-23(30-31)16-14-21-19-32-28-12-6-4-10-26(21)28/h1-20H/b16-14+,17-15+. The quantitative estimate of drug-likeness (QED) is 0.252. The molecule has 33 heavy (non-hydrogen) atoms. The van der Waals surface area contributed by atoms with E-state index in [0.717, 1.165) is 17.1 Å². The Labute approximate surface area is 200 Å². The van der Waals surface area contributed by atoms with Gasteiger partial charge in [0.25, 0.3) is 0 Å². The normalized spacial score (nSPS) is 12.0. The summed E-state index contributed by atoms with van der Waals surface area (Å²) in [5.41, 5.74) is 5.49. The van der Waals surface area contributed by atoms with Crippen LogP contribution < -0.4 is 0 Å². The van der Waals surface area contributed by atoms with Gasteiger partial charge in [-0.15, -0.1) is 22.7 Å². The Morgan fingerprint density at radius 1 is 0.606 bits per heavy atom. The summed E-state index contributed by atoms with van der Waals surface area (Å²) in [6.45, 7) is 0. The molecule has 0 aliphatic heterocycles. The van der Waals surface area contributed by atoms with E-state index in [-0.39, 0.29) is 0 Å². The lowest BCUT2D eigenvalue weighted by atomic mass is 10.1. The number of para-hydroxylation sites is 1. The lowest BCUT2D eigenvalue weighted by Crippen LogP contribution is -1.98. The summed E-state index contributed by atoms with van der Waals surface area (Å²) in [7, 11) is 0. The van der Waals surface area contributed by atoms with E-state index in [1.54, 1.807) is 22.7 Å². The molecule has 6 rings (SSSR count). The molecule has 0 bridgehead atoms. The minimum Gasteiger partial charge on any atom is -0.233 e. The van der Waals surface area contributed by atoms with Crippen molar-refractivity contribution in [1.82, 2.24) is 9.78 Å². The number of rotatable bonds is 5. The maximum atomic E-state index is 4.91. The highest BCUT2D eigenvalue weighted by Gasteiger charge is 2.08. The largest absolute Gasteiger partial charge is 0.233 e. The van der Waals surface area contributed by atoms with Gasteiger partial charge in [-0.3, -0.25) is 0 Å². The van der Waals surface area contributed by atoms with Crippen LogP contribution in [0.3, 0.4) is 0 Å². The van der Waals surface area contributed by atoms with Gasteiger partial charge in [0.05, 0.1) is 17.1 Å². The second-order valence-corrected chi connectivity index (χ2v) is 9.60. The highest BCUT2D eigenvalue weighted by Crippen LogP contribution is 2.29. The first-order chi connectivity index (χ1) is 16.3. The van der Waals surface area contributed by atoms with Crippen LogP contribution >= 0.6 is 22.7 Å². The van der Waals surface area contributed by atoms with Crippen molar-refractivity contribution in [2.24, 2.45) is 0 Å². The Hall–Kier alpha value is -3.73. The second kappa shape index (κ2) is 8.66. The lowest BCUT2D eigenvalue weighted by molar-refractivity contribution is 0.867. The number of benzene rings is 3. The molecule has 3 aromatic carbocycles. The molecule has 0 spiro atoms. The van der Waals surface area contributed by atoms with E-state index in [9.17, 15) is 0 Å². The molecule has 0 aliphatic carbocycles. The van der Waals surface area contributed by atoms with Crippen LogP contribution in [-0.4, -0.2) is 9.78 Å². The molecule has 0 fully saturated rings. The zero-order valence-electron chi connectivity index (χ0n) is 17.8. The van der Waals surface area contributed by atoms with Crippen LogP contribution in [-0.2, 0) is 0 Å². The van der Waals surface area contributed by atoms with Gasteiger partial charge in [0.15, 0.2) is 0 Å². The molecule has 6 aromatic rings. The molecule has 0 aliphatic rings. The first-order valence-electron chi connectivity index (χ1n) is 10.8. The van der Waals surface area contributed by atoms with Crippen molar-refractivity contribution in [3.05, 3.63) is 118 Å². The molecular formula is C29H20N2S2. The summed E-state index contributed by atoms with van der Waals surface area (Å²) in [4.78, 5) is 0. The Bertz CT molecular complexity index is 1610. The summed E-state index contributed by atoms with van der Waals surface area (Å²) in [5.74, 6) is 0. The van der Waals surface area contributed by atoms with Crippen LogP contribution in [0.1, 0.15) is 22.5 Å². The summed E-state index contributed by atoms with van der Waals surface area (Å²) < 4.78 is 4.62. The van der Waals surface area contributed by atoms with Crippen molar-refractivity contribution >= 4 is 67.1 Å². The Morgan fingerprint density at radius 2 is 1.18 bits per heavy atom. The third-order valence-corrected chi connectivity index (χ3v) is 7.61. The molecule has 0 amide bonds. The van der Waals surface area contributed by atoms with Crippen molar-refractivity contribution in [3.8, 4) is 5.69 Å². The van der Waals surface area contributed by atoms with Gasteiger partial charge < -0.3 is 0 Å². The monoisotopic (exact) mass is 460 g/mol. The van der Waals surface area contributed by atoms with Gasteiger partial charge in [0.1, 0.15) is 0 Å². The molecule has 0 unspecified atom stereocenters. The third-order valence-electron chi connectivity index (χ3n) is 5.65. The first-order valence-corrected chi connectivity index (χ1v) is 12.6. The highest BCUT2D eigenvalue weighted by molar-refractivity contribution is 7.17. The smallest absolute Gasteiger partial charge is 0.0861 e. The number of hydrogen-bond donors (Lipinski definition) is 0. The van der Waals surface area contributed by atoms with Gasteiger partial charge >= 0.3 is 0 Å². The Balaban J connectivity index is 1.38. The van der Waals surface area contributed by atoms with Crippen molar-refractivity contribution in [1.29, 1.82) is 0 Å². The van der Waals surface area contributed by atoms with Crippen LogP contribution in [0.25, 0.3) is 50.2 Å². The maximum Gasteiger partial charge on any atom is 0.0861 e. The molecule has 0 N–H and O–H groups in total. The topological polar surface area (TPSA) is 17.8 Å². The molecule has 2 nitrogen and oxygen atoms in total. The molecule has 0 saturated carbocycles. The van der Waals surface area contributed by atoms with Crippen LogP contribution in [0.4, 0.5) is 0 Å². The van der Waals surface area contributed by atoms with Crippen molar-refractivity contribution in [3.63, 3.8) is 0 Å². The minimum absolute atomic E-state index is 0.934. The van der Waals surface area contributed by atoms with Gasteiger partial charge in [-0.1, -0.05) is 66.7 Å². The van der Waals surface area contributed by atoms with E-state index in [1.807, 2.05) is 22.9 Å². The molecule has 3 heterocycles. The molecule has 0 atom stereocenters. The average molecular weight is 461 g/mol. The van der Waals surface area contributed by atoms with E-state index in [4.69, 9.17) is 5.10 Å². The molecule has 0 saturated heterocycles. The van der Waals surface area contributed by atoms with Crippen molar-refractivity contribution in [2.75, 3.05) is 0 Å². The number of fused-ring (bicyclic) bond motifs is 2. The number of thiophene rings is 2. The third kappa shape index (κ3) is 3.95. The summed E-state index contributed by atoms with van der Waals surface area (Å²) in [6.07, 6.45) is 8.61. The van der Waals surface area contributed by atoms with Crippen LogP contribution in [0.15, 0.2) is 95.7 Å². The summed E-state index contributed by atoms with van der Waals surface area (Å²) in [6, 6.07) is 29.5. The van der Waals surface area contributed by atoms with Gasteiger partial charge in [0, 0.05) is 9.40 Å². The fraction of sp³-hybridized carbons (Fsp3) is 0. The van der Waals surface area contributed by atoms with E-state index in [2.05, 4.69) is 102 Å². The van der Waals surface area contributed by atoms with Crippen LogP contribution in [0.5, 0.6) is 0 Å². The van der Waals surface area contributed by atoms with E-state index >= 15 is 0 Å². The lowest BCUT2D eigenvalue weighted by Gasteiger charge is -2.03. The predicted molar refractivity (Wildman–Crippen MR) is 145 cm³/mol.